The molecule has 2 heterocycles. The van der Waals surface area contributed by atoms with Crippen molar-refractivity contribution in [3.8, 4) is 5.75 Å². The van der Waals surface area contributed by atoms with E-state index in [1.165, 1.54) is 6.07 Å². The molecular formula is C19H24FN3O2. The van der Waals surface area contributed by atoms with Gasteiger partial charge >= 0.3 is 0 Å². The first-order chi connectivity index (χ1) is 12.0. The molecule has 134 valence electrons. The molecule has 0 radical (unpaired) electrons. The van der Waals surface area contributed by atoms with Crippen LogP contribution in [0.1, 0.15) is 67.3 Å². The molecule has 1 amide bonds. The van der Waals surface area contributed by atoms with Crippen molar-refractivity contribution in [3.63, 3.8) is 0 Å². The minimum atomic E-state index is -0.404. The Balaban J connectivity index is 1.84. The lowest BCUT2D eigenvalue weighted by molar-refractivity contribution is 0.0906. The van der Waals surface area contributed by atoms with E-state index < -0.39 is 5.82 Å². The fourth-order valence-corrected chi connectivity index (χ4v) is 3.46. The fraction of sp³-hybridized carbons (Fsp3) is 0.474. The molecule has 1 aromatic heterocycles. The monoisotopic (exact) mass is 345 g/mol. The van der Waals surface area contributed by atoms with Crippen LogP contribution in [0.2, 0.25) is 0 Å². The third-order valence-corrected chi connectivity index (χ3v) is 4.97. The molecule has 0 saturated carbocycles. The number of halogens is 1. The molecule has 0 aliphatic carbocycles. The number of aromatic nitrogens is 2. The molecule has 1 aliphatic rings. The van der Waals surface area contributed by atoms with E-state index in [4.69, 9.17) is 4.74 Å². The van der Waals surface area contributed by atoms with Gasteiger partial charge in [0.1, 0.15) is 6.10 Å². The van der Waals surface area contributed by atoms with E-state index in [9.17, 15) is 9.18 Å². The van der Waals surface area contributed by atoms with Crippen molar-refractivity contribution in [1.29, 1.82) is 0 Å². The first-order valence-corrected chi connectivity index (χ1v) is 8.77. The molecule has 2 aromatic rings. The smallest absolute Gasteiger partial charge is 0.255 e. The zero-order valence-electron chi connectivity index (χ0n) is 15.0. The number of ether oxygens (including phenoxy) is 1. The molecule has 0 fully saturated rings. The van der Waals surface area contributed by atoms with Crippen molar-refractivity contribution in [3.05, 3.63) is 47.0 Å². The van der Waals surface area contributed by atoms with E-state index >= 15 is 0 Å². The second kappa shape index (κ2) is 6.86. The van der Waals surface area contributed by atoms with Gasteiger partial charge in [0.25, 0.3) is 5.91 Å². The lowest BCUT2D eigenvalue weighted by Crippen LogP contribution is -2.34. The quantitative estimate of drug-likeness (QED) is 0.893. The number of nitrogens with one attached hydrogen (secondary N) is 1. The van der Waals surface area contributed by atoms with Crippen LogP contribution in [0.3, 0.4) is 0 Å². The van der Waals surface area contributed by atoms with Crippen LogP contribution in [0, 0.1) is 12.7 Å². The van der Waals surface area contributed by atoms with E-state index in [1.54, 1.807) is 18.3 Å². The molecule has 1 N–H and O–H groups in total. The van der Waals surface area contributed by atoms with Crippen molar-refractivity contribution in [2.24, 2.45) is 0 Å². The van der Waals surface area contributed by atoms with Gasteiger partial charge in [0.2, 0.25) is 0 Å². The van der Waals surface area contributed by atoms with Crippen LogP contribution in [0.4, 0.5) is 4.39 Å². The zero-order chi connectivity index (χ0) is 18.1. The third kappa shape index (κ3) is 3.01. The van der Waals surface area contributed by atoms with Crippen LogP contribution in [-0.2, 0) is 0 Å². The third-order valence-electron chi connectivity index (χ3n) is 4.97. The van der Waals surface area contributed by atoms with E-state index in [0.29, 0.717) is 11.1 Å². The maximum absolute atomic E-state index is 13.9. The largest absolute Gasteiger partial charge is 0.485 e. The number of para-hydroxylation sites is 1. The van der Waals surface area contributed by atoms with Gasteiger partial charge in [-0.25, -0.2) is 4.39 Å². The van der Waals surface area contributed by atoms with Gasteiger partial charge < -0.3 is 10.1 Å². The molecule has 5 nitrogen and oxygen atoms in total. The Morgan fingerprint density at radius 3 is 2.80 bits per heavy atom. The highest BCUT2D eigenvalue weighted by molar-refractivity contribution is 5.95. The normalized spacial score (nSPS) is 19.0. The van der Waals surface area contributed by atoms with Crippen LogP contribution in [0.15, 0.2) is 24.4 Å². The summed E-state index contributed by atoms with van der Waals surface area (Å²) in [7, 11) is 0. The molecule has 0 saturated heterocycles. The van der Waals surface area contributed by atoms with Crippen LogP contribution >= 0.6 is 0 Å². The highest BCUT2D eigenvalue weighted by Crippen LogP contribution is 2.38. The molecule has 0 bridgehead atoms. The zero-order valence-corrected chi connectivity index (χ0v) is 15.0. The summed E-state index contributed by atoms with van der Waals surface area (Å²) < 4.78 is 21.4. The number of hydrogen-bond acceptors (Lipinski definition) is 3. The molecule has 2 atom stereocenters. The van der Waals surface area contributed by atoms with Gasteiger partial charge in [0, 0.05) is 11.3 Å². The lowest BCUT2D eigenvalue weighted by Gasteiger charge is -2.18. The van der Waals surface area contributed by atoms with Crippen molar-refractivity contribution in [1.82, 2.24) is 15.1 Å². The SMILES string of the molecule is CCC(CC)n1ncc(C(=O)N[C@H]2c3cccc(F)c3O[C@H]2C)c1C. The van der Waals surface area contributed by atoms with Crippen molar-refractivity contribution >= 4 is 5.91 Å². The molecule has 1 aromatic carbocycles. The summed E-state index contributed by atoms with van der Waals surface area (Å²) in [4.78, 5) is 12.8. The summed E-state index contributed by atoms with van der Waals surface area (Å²) in [6, 6.07) is 4.68. The second-order valence-corrected chi connectivity index (χ2v) is 6.49. The van der Waals surface area contributed by atoms with Gasteiger partial charge in [-0.1, -0.05) is 26.0 Å². The van der Waals surface area contributed by atoms with Gasteiger partial charge in [-0.2, -0.15) is 5.10 Å². The van der Waals surface area contributed by atoms with Crippen molar-refractivity contribution < 1.29 is 13.9 Å². The topological polar surface area (TPSA) is 56.2 Å². The molecule has 3 rings (SSSR count). The first kappa shape index (κ1) is 17.5. The average Bonchev–Trinajstić information content (AvgIpc) is 3.12. The van der Waals surface area contributed by atoms with E-state index in [-0.39, 0.29) is 29.8 Å². The molecule has 25 heavy (non-hydrogen) atoms. The fourth-order valence-electron chi connectivity index (χ4n) is 3.46. The Morgan fingerprint density at radius 2 is 2.12 bits per heavy atom. The van der Waals surface area contributed by atoms with Gasteiger partial charge in [0.15, 0.2) is 11.6 Å². The number of amides is 1. The summed E-state index contributed by atoms with van der Waals surface area (Å²) in [6.07, 6.45) is 3.20. The number of carbonyl (C=O) groups is 1. The number of fused-ring (bicyclic) bond motifs is 1. The predicted octanol–water partition coefficient (Wildman–Crippen LogP) is 3.94. The van der Waals surface area contributed by atoms with Crippen LogP contribution in [0.25, 0.3) is 0 Å². The van der Waals surface area contributed by atoms with Gasteiger partial charge in [-0.15, -0.1) is 0 Å². The van der Waals surface area contributed by atoms with E-state index in [0.717, 1.165) is 18.5 Å². The van der Waals surface area contributed by atoms with Crippen molar-refractivity contribution in [2.45, 2.75) is 58.7 Å². The summed E-state index contributed by atoms with van der Waals surface area (Å²) in [6.45, 7) is 7.95. The summed E-state index contributed by atoms with van der Waals surface area (Å²) >= 11 is 0. The number of hydrogen-bond donors (Lipinski definition) is 1. The Labute approximate surface area is 147 Å². The number of rotatable bonds is 5. The average molecular weight is 345 g/mol. The summed E-state index contributed by atoms with van der Waals surface area (Å²) in [5, 5.41) is 7.37. The summed E-state index contributed by atoms with van der Waals surface area (Å²) in [5.74, 6) is -0.393. The Bertz CT molecular complexity index is 783. The van der Waals surface area contributed by atoms with E-state index in [1.807, 2.05) is 18.5 Å². The van der Waals surface area contributed by atoms with E-state index in [2.05, 4.69) is 24.3 Å². The predicted molar refractivity (Wildman–Crippen MR) is 93.3 cm³/mol. The molecule has 1 aliphatic heterocycles. The standard InChI is InChI=1S/C19H24FN3O2/c1-5-13(6-2)23-11(3)15(10-21-23)19(24)22-17-12(4)25-18-14(17)8-7-9-16(18)20/h7-10,12-13,17H,5-6H2,1-4H3,(H,22,24)/t12-,17+/m0/s1. The first-order valence-electron chi connectivity index (χ1n) is 8.77. The number of benzene rings is 1. The van der Waals surface area contributed by atoms with Gasteiger partial charge in [-0.3, -0.25) is 9.48 Å². The maximum atomic E-state index is 13.9. The minimum absolute atomic E-state index is 0.215. The Morgan fingerprint density at radius 1 is 1.40 bits per heavy atom. The highest BCUT2D eigenvalue weighted by Gasteiger charge is 2.35. The Hall–Kier alpha value is -2.37. The van der Waals surface area contributed by atoms with Crippen LogP contribution in [-0.4, -0.2) is 21.8 Å². The van der Waals surface area contributed by atoms with Crippen molar-refractivity contribution in [2.75, 3.05) is 0 Å². The number of carbonyl (C=O) groups excluding carboxylic acids is 1. The molecule has 6 heteroatoms. The lowest BCUT2D eigenvalue weighted by atomic mass is 10.0. The second-order valence-electron chi connectivity index (χ2n) is 6.49. The van der Waals surface area contributed by atoms with Crippen LogP contribution in [0.5, 0.6) is 5.75 Å². The van der Waals surface area contributed by atoms with Gasteiger partial charge in [0.05, 0.1) is 23.8 Å². The Kier molecular flexibility index (Phi) is 4.79. The maximum Gasteiger partial charge on any atom is 0.255 e. The summed E-state index contributed by atoms with van der Waals surface area (Å²) in [5.41, 5.74) is 2.06. The number of nitrogens with zero attached hydrogens (tertiary/aromatic N) is 2. The molecule has 0 spiro atoms. The molecule has 0 unspecified atom stereocenters. The molecular weight excluding hydrogens is 321 g/mol. The van der Waals surface area contributed by atoms with Crippen LogP contribution < -0.4 is 10.1 Å². The van der Waals surface area contributed by atoms with Gasteiger partial charge in [-0.05, 0) is 32.8 Å². The highest BCUT2D eigenvalue weighted by atomic mass is 19.1. The minimum Gasteiger partial charge on any atom is -0.485 e.